The number of halogens is 2. The van der Waals surface area contributed by atoms with Gasteiger partial charge in [-0.1, -0.05) is 52.3 Å². The lowest BCUT2D eigenvalue weighted by Gasteiger charge is -2.27. The summed E-state index contributed by atoms with van der Waals surface area (Å²) in [5.41, 5.74) is 4.92. The van der Waals surface area contributed by atoms with Crippen LogP contribution >= 0.6 is 15.9 Å². The number of hydrogen-bond acceptors (Lipinski definition) is 9. The van der Waals surface area contributed by atoms with Crippen LogP contribution in [0.1, 0.15) is 11.1 Å². The van der Waals surface area contributed by atoms with Gasteiger partial charge in [-0.3, -0.25) is 0 Å². The normalized spacial score (nSPS) is 13.5. The van der Waals surface area contributed by atoms with Gasteiger partial charge in [-0.15, -0.1) is 0 Å². The molecule has 1 aliphatic heterocycles. The lowest BCUT2D eigenvalue weighted by molar-refractivity contribution is 0.122. The third-order valence-electron chi connectivity index (χ3n) is 5.63. The second-order valence-electron chi connectivity index (χ2n) is 8.31. The first kappa shape index (κ1) is 25.6. The monoisotopic (exact) mass is 577 g/mol. The van der Waals surface area contributed by atoms with Crippen molar-refractivity contribution in [2.24, 2.45) is 5.10 Å². The minimum absolute atomic E-state index is 0.0907. The van der Waals surface area contributed by atoms with Crippen LogP contribution in [-0.4, -0.2) is 47.5 Å². The Kier molecular flexibility index (Phi) is 8.36. The van der Waals surface area contributed by atoms with Crippen LogP contribution in [0, 0.1) is 5.82 Å². The Labute approximate surface area is 227 Å². The summed E-state index contributed by atoms with van der Waals surface area (Å²) in [6, 6.07) is 21.7. The number of anilines is 4. The van der Waals surface area contributed by atoms with Gasteiger partial charge in [0.05, 0.1) is 19.4 Å². The average molecular weight is 578 g/mol. The second kappa shape index (κ2) is 12.4. The topological polar surface area (TPSA) is 96.8 Å². The number of para-hydroxylation sites is 1. The predicted molar refractivity (Wildman–Crippen MR) is 149 cm³/mol. The van der Waals surface area contributed by atoms with Gasteiger partial charge < -0.3 is 19.7 Å². The van der Waals surface area contributed by atoms with E-state index in [2.05, 4.69) is 46.7 Å². The molecule has 0 radical (unpaired) electrons. The minimum Gasteiger partial charge on any atom is -0.488 e. The highest BCUT2D eigenvalue weighted by Crippen LogP contribution is 2.24. The maximum Gasteiger partial charge on any atom is 0.250 e. The van der Waals surface area contributed by atoms with E-state index < -0.39 is 0 Å². The fourth-order valence-corrected chi connectivity index (χ4v) is 4.09. The summed E-state index contributed by atoms with van der Waals surface area (Å²) < 4.78 is 26.2. The maximum atomic E-state index is 14.0. The SMILES string of the molecule is Fc1ccccc1COc1ccc(Br)cc1/C=N\Nc1nc(Nc2ccccc2)nc(N2CCOCC2)n1. The van der Waals surface area contributed by atoms with Gasteiger partial charge >= 0.3 is 0 Å². The molecule has 38 heavy (non-hydrogen) atoms. The molecule has 1 aromatic heterocycles. The van der Waals surface area contributed by atoms with Crippen molar-refractivity contribution in [2.45, 2.75) is 6.61 Å². The summed E-state index contributed by atoms with van der Waals surface area (Å²) in [4.78, 5) is 15.7. The van der Waals surface area contributed by atoms with Crippen molar-refractivity contribution in [1.29, 1.82) is 0 Å². The molecule has 2 N–H and O–H groups in total. The molecule has 11 heteroatoms. The summed E-state index contributed by atoms with van der Waals surface area (Å²) >= 11 is 3.48. The third-order valence-corrected chi connectivity index (χ3v) is 6.12. The zero-order valence-corrected chi connectivity index (χ0v) is 21.9. The molecule has 2 heterocycles. The molecule has 0 bridgehead atoms. The van der Waals surface area contributed by atoms with E-state index in [1.54, 1.807) is 30.5 Å². The lowest BCUT2D eigenvalue weighted by atomic mass is 10.2. The first-order chi connectivity index (χ1) is 18.6. The molecule has 1 fully saturated rings. The van der Waals surface area contributed by atoms with Gasteiger partial charge in [0.2, 0.25) is 17.8 Å². The highest BCUT2D eigenvalue weighted by atomic mass is 79.9. The van der Waals surface area contributed by atoms with Crippen molar-refractivity contribution in [3.05, 3.63) is 94.2 Å². The van der Waals surface area contributed by atoms with Crippen LogP contribution in [0.3, 0.4) is 0 Å². The molecule has 1 saturated heterocycles. The number of benzene rings is 3. The number of ether oxygens (including phenoxy) is 2. The van der Waals surface area contributed by atoms with Gasteiger partial charge in [0.25, 0.3) is 0 Å². The average Bonchev–Trinajstić information content (AvgIpc) is 2.94. The quantitative estimate of drug-likeness (QED) is 0.202. The van der Waals surface area contributed by atoms with Gasteiger partial charge in [-0.05, 0) is 36.4 Å². The molecule has 5 rings (SSSR count). The molecule has 0 amide bonds. The Hall–Kier alpha value is -4.09. The molecule has 0 atom stereocenters. The number of nitrogens with one attached hydrogen (secondary N) is 2. The van der Waals surface area contributed by atoms with Crippen molar-refractivity contribution in [3.8, 4) is 5.75 Å². The summed E-state index contributed by atoms with van der Waals surface area (Å²) in [5, 5.41) is 7.56. The summed E-state index contributed by atoms with van der Waals surface area (Å²) in [7, 11) is 0. The predicted octanol–water partition coefficient (Wildman–Crippen LogP) is 5.38. The fourth-order valence-electron chi connectivity index (χ4n) is 3.71. The highest BCUT2D eigenvalue weighted by molar-refractivity contribution is 9.10. The fraction of sp³-hybridized carbons (Fsp3) is 0.185. The molecule has 4 aromatic rings. The minimum atomic E-state index is -0.313. The van der Waals surface area contributed by atoms with Gasteiger partial charge in [0, 0.05) is 34.4 Å². The van der Waals surface area contributed by atoms with Crippen LogP contribution in [0.5, 0.6) is 5.75 Å². The Balaban J connectivity index is 1.35. The number of morpholine rings is 1. The number of hydrazone groups is 1. The zero-order valence-electron chi connectivity index (χ0n) is 20.3. The van der Waals surface area contributed by atoms with Crippen LogP contribution in [0.25, 0.3) is 0 Å². The van der Waals surface area contributed by atoms with Gasteiger partial charge in [-0.25, -0.2) is 9.82 Å². The van der Waals surface area contributed by atoms with Crippen molar-refractivity contribution in [3.63, 3.8) is 0 Å². The van der Waals surface area contributed by atoms with Crippen molar-refractivity contribution >= 4 is 45.7 Å². The van der Waals surface area contributed by atoms with Gasteiger partial charge in [-0.2, -0.15) is 20.1 Å². The summed E-state index contributed by atoms with van der Waals surface area (Å²) in [6.07, 6.45) is 1.60. The van der Waals surface area contributed by atoms with E-state index in [1.807, 2.05) is 47.4 Å². The molecular formula is C27H25BrFN7O2. The molecule has 1 aliphatic rings. The second-order valence-corrected chi connectivity index (χ2v) is 9.22. The molecule has 0 spiro atoms. The molecular weight excluding hydrogens is 553 g/mol. The first-order valence-electron chi connectivity index (χ1n) is 12.0. The smallest absolute Gasteiger partial charge is 0.250 e. The first-order valence-corrected chi connectivity index (χ1v) is 12.8. The van der Waals surface area contributed by atoms with E-state index >= 15 is 0 Å². The number of aromatic nitrogens is 3. The molecule has 9 nitrogen and oxygen atoms in total. The number of hydrogen-bond donors (Lipinski definition) is 2. The zero-order chi connectivity index (χ0) is 26.2. The molecule has 194 valence electrons. The van der Waals surface area contributed by atoms with E-state index in [-0.39, 0.29) is 18.4 Å². The molecule has 0 unspecified atom stereocenters. The van der Waals surface area contributed by atoms with E-state index in [9.17, 15) is 4.39 Å². The molecule has 0 saturated carbocycles. The van der Waals surface area contributed by atoms with E-state index in [0.717, 1.165) is 10.2 Å². The Morgan fingerprint density at radius 2 is 1.74 bits per heavy atom. The third kappa shape index (κ3) is 6.81. The summed E-state index contributed by atoms with van der Waals surface area (Å²) in [5.74, 6) is 1.43. The van der Waals surface area contributed by atoms with Gasteiger partial charge in [0.1, 0.15) is 18.2 Å². The highest BCUT2D eigenvalue weighted by Gasteiger charge is 2.17. The Morgan fingerprint density at radius 1 is 0.974 bits per heavy atom. The number of rotatable bonds is 9. The van der Waals surface area contributed by atoms with E-state index in [4.69, 9.17) is 9.47 Å². The molecule has 0 aliphatic carbocycles. The lowest BCUT2D eigenvalue weighted by Crippen LogP contribution is -2.37. The maximum absolute atomic E-state index is 14.0. The van der Waals surface area contributed by atoms with Crippen LogP contribution in [0.2, 0.25) is 0 Å². The van der Waals surface area contributed by atoms with Crippen LogP contribution in [0.15, 0.2) is 82.4 Å². The molecule has 3 aromatic carbocycles. The van der Waals surface area contributed by atoms with Crippen molar-refractivity contribution in [1.82, 2.24) is 15.0 Å². The van der Waals surface area contributed by atoms with Crippen molar-refractivity contribution < 1.29 is 13.9 Å². The Bertz CT molecular complexity index is 1400. The van der Waals surface area contributed by atoms with E-state index in [0.29, 0.717) is 55.1 Å². The van der Waals surface area contributed by atoms with Crippen molar-refractivity contribution in [2.75, 3.05) is 41.9 Å². The van der Waals surface area contributed by atoms with Crippen LogP contribution in [-0.2, 0) is 11.3 Å². The van der Waals surface area contributed by atoms with Crippen LogP contribution in [0.4, 0.5) is 27.9 Å². The number of nitrogens with zero attached hydrogens (tertiary/aromatic N) is 5. The largest absolute Gasteiger partial charge is 0.488 e. The van der Waals surface area contributed by atoms with Gasteiger partial charge in [0.15, 0.2) is 0 Å². The Morgan fingerprint density at radius 3 is 2.55 bits per heavy atom. The summed E-state index contributed by atoms with van der Waals surface area (Å²) in [6.45, 7) is 2.66. The van der Waals surface area contributed by atoms with Crippen LogP contribution < -0.4 is 20.4 Å². The standard InChI is InChI=1S/C27H25BrFN7O2/c28-21-10-11-24(38-18-19-6-4-5-9-23(19)29)20(16-21)17-30-35-26-32-25(31-22-7-2-1-3-8-22)33-27(34-26)36-12-14-37-15-13-36/h1-11,16-17H,12-15,18H2,(H2,31,32,33,34,35)/b30-17-. The van der Waals surface area contributed by atoms with E-state index in [1.165, 1.54) is 6.07 Å².